The number of anilines is 1. The van der Waals surface area contributed by atoms with E-state index in [0.717, 1.165) is 12.5 Å². The van der Waals surface area contributed by atoms with Gasteiger partial charge in [-0.05, 0) is 33.3 Å². The lowest BCUT2D eigenvalue weighted by Crippen LogP contribution is -2.45. The second-order valence-electron chi connectivity index (χ2n) is 12.7. The SMILES string of the molecule is CCOc1c(C)c(O)c2c(O)c3c(/C=N/O)c(O)c2c1C(=O)O/C=C/[C@H](OC)[C@@H](C)[C@@H](OC(C)=O)[C@H](C)[C@H](O)[C@H](C)[C@@H](O)C/C=C/C=C(/C)C(=O)N3. The summed E-state index contributed by atoms with van der Waals surface area (Å²) in [4.78, 5) is 39.3. The molecule has 0 saturated heterocycles. The number of hydrogen-bond donors (Lipinski definition) is 7. The van der Waals surface area contributed by atoms with Gasteiger partial charge in [0.1, 0.15) is 28.9 Å². The van der Waals surface area contributed by atoms with Gasteiger partial charge in [0, 0.05) is 42.9 Å². The van der Waals surface area contributed by atoms with Crippen LogP contribution >= 0.6 is 0 Å². The van der Waals surface area contributed by atoms with Crippen molar-refractivity contribution in [1.82, 2.24) is 0 Å². The van der Waals surface area contributed by atoms with Gasteiger partial charge in [-0.15, -0.1) is 0 Å². The Balaban J connectivity index is 2.36. The van der Waals surface area contributed by atoms with E-state index in [-0.39, 0.29) is 29.9 Å². The van der Waals surface area contributed by atoms with Gasteiger partial charge in [0.2, 0.25) is 0 Å². The average molecular weight is 729 g/mol. The normalized spacial score (nSPS) is 27.5. The van der Waals surface area contributed by atoms with Crippen LogP contribution in [0.25, 0.3) is 10.8 Å². The molecule has 15 nitrogen and oxygen atoms in total. The van der Waals surface area contributed by atoms with Crippen molar-refractivity contribution < 1.29 is 64.1 Å². The van der Waals surface area contributed by atoms with Crippen molar-refractivity contribution in [3.05, 3.63) is 52.8 Å². The summed E-state index contributed by atoms with van der Waals surface area (Å²) >= 11 is 0. The molecular weight excluding hydrogens is 680 g/mol. The molecule has 7 atom stereocenters. The van der Waals surface area contributed by atoms with Crippen molar-refractivity contribution in [1.29, 1.82) is 0 Å². The summed E-state index contributed by atoms with van der Waals surface area (Å²) in [5.74, 6) is -6.86. The van der Waals surface area contributed by atoms with E-state index in [4.69, 9.17) is 18.9 Å². The Kier molecular flexibility index (Phi) is 14.2. The number of nitrogens with one attached hydrogen (secondary N) is 1. The Bertz CT molecular complexity index is 1780. The summed E-state index contributed by atoms with van der Waals surface area (Å²) in [6, 6.07) is 0. The van der Waals surface area contributed by atoms with Crippen LogP contribution < -0.4 is 10.1 Å². The number of amides is 1. The molecule has 2 aliphatic heterocycles. The van der Waals surface area contributed by atoms with Crippen molar-refractivity contribution >= 4 is 40.5 Å². The maximum atomic E-state index is 13.9. The molecule has 0 fully saturated rings. The number of phenolic OH excluding ortho intramolecular Hbond substituents is 3. The molecule has 2 aliphatic rings. The average Bonchev–Trinajstić information content (AvgIpc) is 3.11. The van der Waals surface area contributed by atoms with E-state index in [9.17, 15) is 45.1 Å². The van der Waals surface area contributed by atoms with Gasteiger partial charge in [-0.25, -0.2) is 4.79 Å². The molecule has 0 spiro atoms. The van der Waals surface area contributed by atoms with E-state index in [2.05, 4.69) is 10.5 Å². The summed E-state index contributed by atoms with van der Waals surface area (Å²) < 4.78 is 22.5. The van der Waals surface area contributed by atoms with Crippen LogP contribution in [0, 0.1) is 24.7 Å². The van der Waals surface area contributed by atoms with Gasteiger partial charge in [-0.3, -0.25) is 9.59 Å². The van der Waals surface area contributed by atoms with Crippen LogP contribution in [0.15, 0.2) is 41.3 Å². The zero-order valence-corrected chi connectivity index (χ0v) is 30.4. The van der Waals surface area contributed by atoms with Crippen LogP contribution in [0.2, 0.25) is 0 Å². The predicted octanol–water partition coefficient (Wildman–Crippen LogP) is 4.56. The van der Waals surface area contributed by atoms with E-state index in [0.29, 0.717) is 0 Å². The number of carbonyl (C=O) groups is 3. The second kappa shape index (κ2) is 17.9. The van der Waals surface area contributed by atoms with Gasteiger partial charge in [0.25, 0.3) is 5.91 Å². The molecule has 0 aliphatic carbocycles. The van der Waals surface area contributed by atoms with Crippen LogP contribution in [-0.4, -0.2) is 92.9 Å². The maximum Gasteiger partial charge on any atom is 0.347 e. The molecule has 1 amide bonds. The highest BCUT2D eigenvalue weighted by atomic mass is 16.6. The van der Waals surface area contributed by atoms with Crippen LogP contribution in [0.3, 0.4) is 0 Å². The highest BCUT2D eigenvalue weighted by Crippen LogP contribution is 2.52. The maximum absolute atomic E-state index is 13.9. The fraction of sp³-hybridized carbons (Fsp3) is 0.459. The first-order valence-corrected chi connectivity index (χ1v) is 16.7. The van der Waals surface area contributed by atoms with Gasteiger partial charge >= 0.3 is 11.9 Å². The number of nitrogens with zero attached hydrogens (tertiary/aromatic N) is 1. The van der Waals surface area contributed by atoms with Crippen LogP contribution in [0.5, 0.6) is 23.0 Å². The number of hydrogen-bond acceptors (Lipinski definition) is 14. The summed E-state index contributed by atoms with van der Waals surface area (Å²) in [6.45, 7) is 10.7. The summed E-state index contributed by atoms with van der Waals surface area (Å²) in [5.41, 5.74) is -1.20. The molecule has 52 heavy (non-hydrogen) atoms. The summed E-state index contributed by atoms with van der Waals surface area (Å²) in [6.07, 6.45) is 3.73. The fourth-order valence-electron chi connectivity index (χ4n) is 6.25. The van der Waals surface area contributed by atoms with E-state index in [1.54, 1.807) is 33.8 Å². The topological polar surface area (TPSA) is 234 Å². The van der Waals surface area contributed by atoms with E-state index < -0.39 is 105 Å². The number of oxime groups is 1. The number of aromatic hydroxyl groups is 3. The first-order valence-electron chi connectivity index (χ1n) is 16.7. The molecule has 0 saturated carbocycles. The molecule has 0 aromatic heterocycles. The van der Waals surface area contributed by atoms with Gasteiger partial charge in [-0.1, -0.05) is 44.2 Å². The van der Waals surface area contributed by atoms with E-state index in [1.807, 2.05) is 0 Å². The van der Waals surface area contributed by atoms with Crippen LogP contribution in [0.1, 0.15) is 69.4 Å². The quantitative estimate of drug-likeness (QED) is 0.0559. The number of rotatable bonds is 5. The lowest BCUT2D eigenvalue weighted by Gasteiger charge is -2.37. The Morgan fingerprint density at radius 3 is 2.31 bits per heavy atom. The zero-order valence-electron chi connectivity index (χ0n) is 30.4. The highest BCUT2D eigenvalue weighted by Gasteiger charge is 2.39. The lowest BCUT2D eigenvalue weighted by atomic mass is 9.80. The Morgan fingerprint density at radius 2 is 1.71 bits per heavy atom. The number of carbonyl (C=O) groups excluding carboxylic acids is 3. The zero-order chi connectivity index (χ0) is 39.0. The number of esters is 2. The Hall–Kier alpha value is -5.12. The monoisotopic (exact) mass is 728 g/mol. The van der Waals surface area contributed by atoms with Crippen molar-refractivity contribution in [2.75, 3.05) is 19.0 Å². The number of ether oxygens (including phenoxy) is 4. The number of aliphatic hydroxyl groups excluding tert-OH is 2. The number of aliphatic hydroxyl groups is 2. The molecule has 2 aromatic rings. The van der Waals surface area contributed by atoms with Crippen LogP contribution in [-0.2, 0) is 23.8 Å². The van der Waals surface area contributed by atoms with Gasteiger partial charge < -0.3 is 55.0 Å². The summed E-state index contributed by atoms with van der Waals surface area (Å²) in [5, 5.41) is 70.6. The molecule has 0 unspecified atom stereocenters. The highest BCUT2D eigenvalue weighted by molar-refractivity contribution is 6.20. The van der Waals surface area contributed by atoms with Crippen molar-refractivity contribution in [3.8, 4) is 23.0 Å². The summed E-state index contributed by atoms with van der Waals surface area (Å²) in [7, 11) is 1.38. The third-order valence-electron chi connectivity index (χ3n) is 9.29. The van der Waals surface area contributed by atoms with Crippen molar-refractivity contribution in [2.45, 2.75) is 79.3 Å². The lowest BCUT2D eigenvalue weighted by molar-refractivity contribution is -0.160. The Labute approximate surface area is 301 Å². The van der Waals surface area contributed by atoms with Gasteiger partial charge in [0.05, 0.1) is 59.4 Å². The molecule has 7 N–H and O–H groups in total. The molecule has 15 heteroatoms. The molecular formula is C37H48N2O13. The van der Waals surface area contributed by atoms with Gasteiger partial charge in [-0.2, -0.15) is 0 Å². The van der Waals surface area contributed by atoms with E-state index >= 15 is 0 Å². The molecule has 2 heterocycles. The fourth-order valence-corrected chi connectivity index (χ4v) is 6.25. The minimum absolute atomic E-state index is 0.00822. The first kappa shape index (κ1) is 41.3. The standard InChI is InChI=1S/C37H48N2O13/c1-9-50-35-21(6)31(43)27-26-28(35)37(47)51-15-14-25(49-8)19(4)34(52-22(7)40)20(5)30(42)18(3)24(41)13-11-10-12-17(2)36(46)39-29(33(27)45)23(16-38-48)32(26)44/h10-12,14-16,18-20,24-25,30,34,41-45,48H,9,13H2,1-8H3,(H,39,46)/b11-10+,15-14+,17-12-,38-16+/t18-,19-,20-,24+,25+,30-,34-/m1/s1. The minimum Gasteiger partial charge on any atom is -0.507 e. The third-order valence-corrected chi connectivity index (χ3v) is 9.29. The largest absolute Gasteiger partial charge is 0.507 e. The second-order valence-corrected chi connectivity index (χ2v) is 12.7. The molecule has 2 aromatic carbocycles. The van der Waals surface area contributed by atoms with Crippen molar-refractivity contribution in [3.63, 3.8) is 0 Å². The molecule has 0 radical (unpaired) electrons. The van der Waals surface area contributed by atoms with Crippen molar-refractivity contribution in [2.24, 2.45) is 22.9 Å². The minimum atomic E-state index is -1.14. The van der Waals surface area contributed by atoms with Crippen LogP contribution in [0.4, 0.5) is 5.69 Å². The number of phenols is 3. The third kappa shape index (κ3) is 8.66. The number of fused-ring (bicyclic) bond motifs is 15. The predicted molar refractivity (Wildman–Crippen MR) is 191 cm³/mol. The molecule has 284 valence electrons. The molecule has 4 bridgehead atoms. The first-order chi connectivity index (χ1) is 24.5. The number of benzene rings is 2. The Morgan fingerprint density at radius 1 is 1.04 bits per heavy atom. The number of allylic oxidation sites excluding steroid dienone is 2. The van der Waals surface area contributed by atoms with Gasteiger partial charge in [0.15, 0.2) is 5.75 Å². The smallest absolute Gasteiger partial charge is 0.347 e. The molecule has 4 rings (SSSR count). The number of methoxy groups -OCH3 is 1. The van der Waals surface area contributed by atoms with E-state index in [1.165, 1.54) is 46.1 Å².